The van der Waals surface area contributed by atoms with Crippen molar-refractivity contribution in [2.24, 2.45) is 0 Å². The topological polar surface area (TPSA) is 80.6 Å². The number of anilines is 1. The number of nitrogens with one attached hydrogen (secondary N) is 1. The summed E-state index contributed by atoms with van der Waals surface area (Å²) in [6, 6.07) is 23.4. The van der Waals surface area contributed by atoms with E-state index in [4.69, 9.17) is 14.2 Å². The molecule has 0 aliphatic carbocycles. The van der Waals surface area contributed by atoms with Crippen LogP contribution in [0.5, 0.6) is 23.0 Å². The van der Waals surface area contributed by atoms with E-state index in [1.54, 1.807) is 42.5 Å². The molecule has 0 saturated heterocycles. The highest BCUT2D eigenvalue weighted by Gasteiger charge is 2.14. The largest absolute Gasteiger partial charge is 0.493 e. The summed E-state index contributed by atoms with van der Waals surface area (Å²) in [4.78, 5) is 12.8. The van der Waals surface area contributed by atoms with Crippen molar-refractivity contribution in [3.8, 4) is 29.1 Å². The van der Waals surface area contributed by atoms with Crippen molar-refractivity contribution < 1.29 is 19.0 Å². The molecule has 3 aromatic rings. The summed E-state index contributed by atoms with van der Waals surface area (Å²) in [6.07, 6.45) is 1.49. The Labute approximate surface area is 181 Å². The van der Waals surface area contributed by atoms with Crippen LogP contribution in [0.2, 0.25) is 0 Å². The maximum Gasteiger partial charge on any atom is 0.266 e. The van der Waals surface area contributed by atoms with Crippen molar-refractivity contribution in [3.05, 3.63) is 83.9 Å². The van der Waals surface area contributed by atoms with E-state index in [0.717, 1.165) is 0 Å². The number of carbonyl (C=O) groups is 1. The molecule has 3 aromatic carbocycles. The van der Waals surface area contributed by atoms with Crippen LogP contribution in [0, 0.1) is 11.3 Å². The fourth-order valence-corrected chi connectivity index (χ4v) is 2.83. The summed E-state index contributed by atoms with van der Waals surface area (Å²) in [5.74, 6) is 1.69. The molecule has 0 aromatic heterocycles. The third kappa shape index (κ3) is 5.64. The van der Waals surface area contributed by atoms with Crippen LogP contribution in [-0.2, 0) is 4.79 Å². The predicted octanol–water partition coefficient (Wildman–Crippen LogP) is 5.43. The van der Waals surface area contributed by atoms with Crippen LogP contribution < -0.4 is 19.5 Å². The number of nitriles is 1. The van der Waals surface area contributed by atoms with Gasteiger partial charge in [0.1, 0.15) is 17.4 Å². The highest BCUT2D eigenvalue weighted by molar-refractivity contribution is 6.10. The zero-order chi connectivity index (χ0) is 22.1. The lowest BCUT2D eigenvalue weighted by atomic mass is 10.1. The summed E-state index contributed by atoms with van der Waals surface area (Å²) < 4.78 is 16.7. The van der Waals surface area contributed by atoms with Crippen LogP contribution in [0.15, 0.2) is 78.4 Å². The normalized spacial score (nSPS) is 10.7. The number of benzene rings is 3. The summed E-state index contributed by atoms with van der Waals surface area (Å²) in [5, 5.41) is 12.3. The van der Waals surface area contributed by atoms with E-state index in [1.807, 2.05) is 43.3 Å². The second kappa shape index (κ2) is 10.5. The van der Waals surface area contributed by atoms with E-state index in [1.165, 1.54) is 13.2 Å². The van der Waals surface area contributed by atoms with Crippen LogP contribution in [0.4, 0.5) is 5.69 Å². The van der Waals surface area contributed by atoms with Gasteiger partial charge in [-0.15, -0.1) is 0 Å². The summed E-state index contributed by atoms with van der Waals surface area (Å²) >= 11 is 0. The van der Waals surface area contributed by atoms with E-state index in [9.17, 15) is 10.1 Å². The van der Waals surface area contributed by atoms with Crippen LogP contribution in [0.3, 0.4) is 0 Å². The lowest BCUT2D eigenvalue weighted by molar-refractivity contribution is -0.112. The number of para-hydroxylation sites is 3. The Morgan fingerprint density at radius 2 is 1.74 bits per heavy atom. The molecule has 0 unspecified atom stereocenters. The minimum atomic E-state index is -0.542. The lowest BCUT2D eigenvalue weighted by Crippen LogP contribution is -2.14. The fraction of sp³-hybridized carbons (Fsp3) is 0.120. The number of methoxy groups -OCH3 is 1. The highest BCUT2D eigenvalue weighted by atomic mass is 16.5. The minimum Gasteiger partial charge on any atom is -0.493 e. The maximum absolute atomic E-state index is 12.8. The van der Waals surface area contributed by atoms with Gasteiger partial charge in [-0.3, -0.25) is 4.79 Å². The average molecular weight is 414 g/mol. The van der Waals surface area contributed by atoms with Gasteiger partial charge in [-0.1, -0.05) is 36.4 Å². The number of carbonyl (C=O) groups excluding carboxylic acids is 1. The van der Waals surface area contributed by atoms with Crippen molar-refractivity contribution in [1.82, 2.24) is 0 Å². The van der Waals surface area contributed by atoms with Crippen LogP contribution in [-0.4, -0.2) is 19.6 Å². The molecule has 0 spiro atoms. The zero-order valence-corrected chi connectivity index (χ0v) is 17.3. The van der Waals surface area contributed by atoms with Gasteiger partial charge in [0.15, 0.2) is 17.2 Å². The number of rotatable bonds is 8. The third-order valence-electron chi connectivity index (χ3n) is 4.27. The monoisotopic (exact) mass is 414 g/mol. The van der Waals surface area contributed by atoms with E-state index in [0.29, 0.717) is 40.9 Å². The van der Waals surface area contributed by atoms with Gasteiger partial charge in [0.05, 0.1) is 19.4 Å². The molecule has 0 aliphatic rings. The Morgan fingerprint density at radius 3 is 2.45 bits per heavy atom. The second-order valence-electron chi connectivity index (χ2n) is 6.38. The SMILES string of the molecule is CCOc1ccc(C=C(C#N)C(=O)Nc2ccccc2Oc2ccccc2)cc1OC. The van der Waals surface area contributed by atoms with Crippen molar-refractivity contribution in [1.29, 1.82) is 5.26 Å². The molecule has 3 rings (SSSR count). The fourth-order valence-electron chi connectivity index (χ4n) is 2.83. The first-order chi connectivity index (χ1) is 15.1. The van der Waals surface area contributed by atoms with Gasteiger partial charge < -0.3 is 19.5 Å². The number of hydrogen-bond acceptors (Lipinski definition) is 5. The zero-order valence-electron chi connectivity index (χ0n) is 17.3. The Kier molecular flexibility index (Phi) is 7.28. The van der Waals surface area contributed by atoms with Crippen molar-refractivity contribution in [3.63, 3.8) is 0 Å². The van der Waals surface area contributed by atoms with Gasteiger partial charge in [-0.2, -0.15) is 5.26 Å². The highest BCUT2D eigenvalue weighted by Crippen LogP contribution is 2.31. The number of ether oxygens (including phenoxy) is 3. The molecule has 0 atom stereocenters. The molecule has 0 heterocycles. The lowest BCUT2D eigenvalue weighted by Gasteiger charge is -2.12. The average Bonchev–Trinajstić information content (AvgIpc) is 2.80. The molecule has 1 amide bonds. The molecule has 31 heavy (non-hydrogen) atoms. The first-order valence-electron chi connectivity index (χ1n) is 9.70. The number of hydrogen-bond donors (Lipinski definition) is 1. The molecule has 0 bridgehead atoms. The Hall–Kier alpha value is -4.24. The van der Waals surface area contributed by atoms with Gasteiger partial charge >= 0.3 is 0 Å². The molecule has 1 N–H and O–H groups in total. The maximum atomic E-state index is 12.8. The third-order valence-corrected chi connectivity index (χ3v) is 4.27. The van der Waals surface area contributed by atoms with E-state index < -0.39 is 5.91 Å². The molecule has 6 heteroatoms. The Morgan fingerprint density at radius 1 is 1.00 bits per heavy atom. The molecular formula is C25H22N2O4. The summed E-state index contributed by atoms with van der Waals surface area (Å²) in [7, 11) is 1.53. The Balaban J connectivity index is 1.82. The van der Waals surface area contributed by atoms with Crippen molar-refractivity contribution in [2.45, 2.75) is 6.92 Å². The standard InChI is InChI=1S/C25H22N2O4/c1-3-30-23-14-13-18(16-24(23)29-2)15-19(17-26)25(28)27-21-11-7-8-12-22(21)31-20-9-5-4-6-10-20/h4-16H,3H2,1-2H3,(H,27,28). The van der Waals surface area contributed by atoms with Gasteiger partial charge in [0, 0.05) is 0 Å². The first kappa shape index (κ1) is 21.5. The molecule has 0 aliphatic heterocycles. The van der Waals surface area contributed by atoms with Gasteiger partial charge in [-0.05, 0) is 55.0 Å². The van der Waals surface area contributed by atoms with E-state index in [-0.39, 0.29) is 5.57 Å². The molecular weight excluding hydrogens is 392 g/mol. The molecule has 0 radical (unpaired) electrons. The molecule has 0 saturated carbocycles. The second-order valence-corrected chi connectivity index (χ2v) is 6.38. The van der Waals surface area contributed by atoms with Crippen LogP contribution >= 0.6 is 0 Å². The Bertz CT molecular complexity index is 1120. The quantitative estimate of drug-likeness (QED) is 0.393. The molecule has 6 nitrogen and oxygen atoms in total. The van der Waals surface area contributed by atoms with Crippen molar-refractivity contribution in [2.75, 3.05) is 19.0 Å². The smallest absolute Gasteiger partial charge is 0.266 e. The van der Waals surface area contributed by atoms with Crippen LogP contribution in [0.1, 0.15) is 12.5 Å². The van der Waals surface area contributed by atoms with Gasteiger partial charge in [-0.25, -0.2) is 0 Å². The summed E-state index contributed by atoms with van der Waals surface area (Å²) in [5.41, 5.74) is 1.04. The van der Waals surface area contributed by atoms with Crippen LogP contribution in [0.25, 0.3) is 6.08 Å². The van der Waals surface area contributed by atoms with Gasteiger partial charge in [0.25, 0.3) is 5.91 Å². The number of amides is 1. The first-order valence-corrected chi connectivity index (χ1v) is 9.70. The predicted molar refractivity (Wildman–Crippen MR) is 119 cm³/mol. The van der Waals surface area contributed by atoms with Crippen molar-refractivity contribution >= 4 is 17.7 Å². The molecule has 156 valence electrons. The van der Waals surface area contributed by atoms with E-state index >= 15 is 0 Å². The minimum absolute atomic E-state index is 0.0549. The molecule has 0 fully saturated rings. The van der Waals surface area contributed by atoms with E-state index in [2.05, 4.69) is 5.32 Å². The van der Waals surface area contributed by atoms with Gasteiger partial charge in [0.2, 0.25) is 0 Å². The summed E-state index contributed by atoms with van der Waals surface area (Å²) in [6.45, 7) is 2.38. The number of nitrogens with zero attached hydrogens (tertiary/aromatic N) is 1.